The molecular formula is C14H15N7O2S. The van der Waals surface area contributed by atoms with Crippen LogP contribution in [-0.2, 0) is 11.3 Å². The first-order valence-corrected chi connectivity index (χ1v) is 7.91. The van der Waals surface area contributed by atoms with Gasteiger partial charge in [-0.3, -0.25) is 10.1 Å². The smallest absolute Gasteiger partial charge is 0.322 e. The van der Waals surface area contributed by atoms with Crippen LogP contribution in [0.3, 0.4) is 0 Å². The Morgan fingerprint density at radius 1 is 1.29 bits per heavy atom. The van der Waals surface area contributed by atoms with Gasteiger partial charge >= 0.3 is 6.03 Å². The molecule has 3 rings (SSSR count). The highest BCUT2D eigenvalue weighted by Crippen LogP contribution is 2.21. The number of nitrogens with zero attached hydrogens (tertiary/aromatic N) is 5. The van der Waals surface area contributed by atoms with Crippen LogP contribution < -0.4 is 10.6 Å². The van der Waals surface area contributed by atoms with E-state index in [-0.39, 0.29) is 24.3 Å². The van der Waals surface area contributed by atoms with Gasteiger partial charge in [0.1, 0.15) is 6.54 Å². The van der Waals surface area contributed by atoms with Crippen molar-refractivity contribution in [3.8, 4) is 0 Å². The summed E-state index contributed by atoms with van der Waals surface area (Å²) in [7, 11) is 3.23. The number of amides is 3. The number of hydrogen-bond donors (Lipinski definition) is 2. The van der Waals surface area contributed by atoms with Crippen LogP contribution in [0.15, 0.2) is 29.9 Å². The number of hydrogen-bond acceptors (Lipinski definition) is 6. The van der Waals surface area contributed by atoms with Gasteiger partial charge in [-0.05, 0) is 18.2 Å². The Hall–Kier alpha value is -3.01. The summed E-state index contributed by atoms with van der Waals surface area (Å²) < 4.78 is 1.06. The third-order valence-electron chi connectivity index (χ3n) is 3.08. The predicted molar refractivity (Wildman–Crippen MR) is 91.0 cm³/mol. The van der Waals surface area contributed by atoms with E-state index in [0.29, 0.717) is 5.69 Å². The Bertz CT molecular complexity index is 886. The van der Waals surface area contributed by atoms with Crippen molar-refractivity contribution in [1.82, 2.24) is 24.9 Å². The molecule has 0 saturated carbocycles. The Morgan fingerprint density at radius 3 is 2.92 bits per heavy atom. The van der Waals surface area contributed by atoms with Gasteiger partial charge < -0.3 is 10.2 Å². The number of fused-ring (bicyclic) bond motifs is 1. The molecule has 10 heteroatoms. The fourth-order valence-corrected chi connectivity index (χ4v) is 2.58. The van der Waals surface area contributed by atoms with E-state index in [1.807, 2.05) is 18.2 Å². The second-order valence-corrected chi connectivity index (χ2v) is 6.05. The molecule has 124 valence electrons. The van der Waals surface area contributed by atoms with Gasteiger partial charge in [-0.25, -0.2) is 9.78 Å². The molecule has 2 N–H and O–H groups in total. The number of carbonyl (C=O) groups is 2. The third-order valence-corrected chi connectivity index (χ3v) is 3.89. The molecule has 0 saturated heterocycles. The Balaban J connectivity index is 1.60. The van der Waals surface area contributed by atoms with Gasteiger partial charge in [0, 0.05) is 19.8 Å². The molecule has 2 heterocycles. The zero-order valence-corrected chi connectivity index (χ0v) is 13.9. The van der Waals surface area contributed by atoms with Crippen LogP contribution in [0.25, 0.3) is 10.2 Å². The summed E-state index contributed by atoms with van der Waals surface area (Å²) in [6.45, 7) is -0.0626. The number of thiazole rings is 1. The third kappa shape index (κ3) is 3.66. The number of urea groups is 1. The molecule has 1 aromatic carbocycles. The average Bonchev–Trinajstić information content (AvgIpc) is 3.15. The van der Waals surface area contributed by atoms with Crippen LogP contribution in [0, 0.1) is 0 Å². The molecule has 0 spiro atoms. The predicted octanol–water partition coefficient (Wildman–Crippen LogP) is 1.62. The fraction of sp³-hybridized carbons (Fsp3) is 0.214. The standard InChI is InChI=1S/C14H15N7O2S/c1-20(2)14(23)18-12-6-16-21(19-12)7-13(22)17-9-3-4-11-10(5-9)15-8-24-11/h3-6,8H,7H2,1-2H3,(H,17,22)(H,18,19,23). The maximum Gasteiger partial charge on any atom is 0.322 e. The quantitative estimate of drug-likeness (QED) is 0.747. The van der Waals surface area contributed by atoms with Gasteiger partial charge in [0.25, 0.3) is 0 Å². The lowest BCUT2D eigenvalue weighted by Gasteiger charge is -2.09. The van der Waals surface area contributed by atoms with E-state index in [2.05, 4.69) is 25.8 Å². The summed E-state index contributed by atoms with van der Waals surface area (Å²) in [5.74, 6) is 0.0102. The fourth-order valence-electron chi connectivity index (χ4n) is 1.92. The summed E-state index contributed by atoms with van der Waals surface area (Å²) in [5, 5.41) is 13.3. The number of benzene rings is 1. The second-order valence-electron chi connectivity index (χ2n) is 5.17. The van der Waals surface area contributed by atoms with Gasteiger partial charge in [0.05, 0.1) is 21.9 Å². The lowest BCUT2D eigenvalue weighted by Crippen LogP contribution is -2.27. The largest absolute Gasteiger partial charge is 0.331 e. The summed E-state index contributed by atoms with van der Waals surface area (Å²) in [5.41, 5.74) is 3.25. The van der Waals surface area contributed by atoms with Crippen LogP contribution in [0.1, 0.15) is 0 Å². The molecule has 0 unspecified atom stereocenters. The van der Waals surface area contributed by atoms with Gasteiger partial charge in [0.15, 0.2) is 5.82 Å². The molecular weight excluding hydrogens is 330 g/mol. The van der Waals surface area contributed by atoms with E-state index in [1.54, 1.807) is 30.9 Å². The highest BCUT2D eigenvalue weighted by molar-refractivity contribution is 7.16. The average molecular weight is 345 g/mol. The molecule has 2 aromatic heterocycles. The monoisotopic (exact) mass is 345 g/mol. The first-order valence-electron chi connectivity index (χ1n) is 7.03. The molecule has 24 heavy (non-hydrogen) atoms. The van der Waals surface area contributed by atoms with Crippen LogP contribution in [0.4, 0.5) is 16.3 Å². The van der Waals surface area contributed by atoms with E-state index >= 15 is 0 Å². The zero-order valence-electron chi connectivity index (χ0n) is 13.1. The molecule has 0 aliphatic rings. The maximum absolute atomic E-state index is 12.1. The van der Waals surface area contributed by atoms with E-state index in [0.717, 1.165) is 10.2 Å². The molecule has 9 nitrogen and oxygen atoms in total. The number of nitrogens with one attached hydrogen (secondary N) is 2. The minimum absolute atomic E-state index is 0.0626. The number of carbonyl (C=O) groups excluding carboxylic acids is 2. The highest BCUT2D eigenvalue weighted by atomic mass is 32.1. The topological polar surface area (TPSA) is 105 Å². The summed E-state index contributed by atoms with van der Waals surface area (Å²) >= 11 is 1.54. The van der Waals surface area contributed by atoms with Crippen molar-refractivity contribution in [2.75, 3.05) is 24.7 Å². The van der Waals surface area contributed by atoms with Crippen molar-refractivity contribution in [3.63, 3.8) is 0 Å². The van der Waals surface area contributed by atoms with E-state index < -0.39 is 0 Å². The van der Waals surface area contributed by atoms with Gasteiger partial charge in [-0.1, -0.05) is 0 Å². The lowest BCUT2D eigenvalue weighted by molar-refractivity contribution is -0.117. The Morgan fingerprint density at radius 2 is 2.12 bits per heavy atom. The van der Waals surface area contributed by atoms with Crippen molar-refractivity contribution in [2.45, 2.75) is 6.54 Å². The molecule has 0 fully saturated rings. The molecule has 0 atom stereocenters. The molecule has 0 bridgehead atoms. The van der Waals surface area contributed by atoms with Crippen molar-refractivity contribution in [3.05, 3.63) is 29.9 Å². The summed E-state index contributed by atoms with van der Waals surface area (Å²) in [6.07, 6.45) is 1.38. The molecule has 0 aliphatic carbocycles. The second kappa shape index (κ2) is 6.62. The van der Waals surface area contributed by atoms with Crippen LogP contribution in [-0.4, -0.2) is 50.9 Å². The minimum atomic E-state index is -0.317. The van der Waals surface area contributed by atoms with Crippen molar-refractivity contribution >= 4 is 45.0 Å². The zero-order chi connectivity index (χ0) is 17.1. The highest BCUT2D eigenvalue weighted by Gasteiger charge is 2.10. The first-order chi connectivity index (χ1) is 11.5. The molecule has 3 aromatic rings. The van der Waals surface area contributed by atoms with Gasteiger partial charge in [-0.15, -0.1) is 16.4 Å². The number of rotatable bonds is 4. The van der Waals surface area contributed by atoms with E-state index in [1.165, 1.54) is 15.9 Å². The van der Waals surface area contributed by atoms with Crippen LogP contribution in [0.2, 0.25) is 0 Å². The number of anilines is 2. The van der Waals surface area contributed by atoms with Crippen molar-refractivity contribution in [2.24, 2.45) is 0 Å². The minimum Gasteiger partial charge on any atom is -0.331 e. The summed E-state index contributed by atoms with van der Waals surface area (Å²) in [6, 6.07) is 5.22. The lowest BCUT2D eigenvalue weighted by atomic mass is 10.3. The Kier molecular flexibility index (Phi) is 4.38. The number of aromatic nitrogens is 4. The molecule has 3 amide bonds. The van der Waals surface area contributed by atoms with E-state index in [4.69, 9.17) is 0 Å². The van der Waals surface area contributed by atoms with Gasteiger partial charge in [-0.2, -0.15) is 9.90 Å². The van der Waals surface area contributed by atoms with Gasteiger partial charge in [0.2, 0.25) is 5.91 Å². The Labute approximate surface area is 141 Å². The van der Waals surface area contributed by atoms with Crippen molar-refractivity contribution < 1.29 is 9.59 Å². The SMILES string of the molecule is CN(C)C(=O)Nc1cnn(CC(=O)Nc2ccc3scnc3c2)n1. The van der Waals surface area contributed by atoms with Crippen molar-refractivity contribution in [1.29, 1.82) is 0 Å². The maximum atomic E-state index is 12.1. The van der Waals surface area contributed by atoms with Crippen LogP contribution in [0.5, 0.6) is 0 Å². The first kappa shape index (κ1) is 15.9. The molecule has 0 radical (unpaired) electrons. The normalized spacial score (nSPS) is 10.6. The van der Waals surface area contributed by atoms with E-state index in [9.17, 15) is 9.59 Å². The van der Waals surface area contributed by atoms with Crippen LogP contribution >= 0.6 is 11.3 Å². The molecule has 0 aliphatic heterocycles. The summed E-state index contributed by atoms with van der Waals surface area (Å²) in [4.78, 5) is 30.4.